The number of hydrogen-bond acceptors (Lipinski definition) is 4. The molecule has 1 atom stereocenters. The van der Waals surface area contributed by atoms with Crippen LogP contribution in [0, 0.1) is 11.5 Å². The first-order valence-corrected chi connectivity index (χ1v) is 12.3. The highest BCUT2D eigenvalue weighted by atomic mass is 28.3. The molecule has 0 radical (unpaired) electrons. The highest BCUT2D eigenvalue weighted by Gasteiger charge is 2.33. The van der Waals surface area contributed by atoms with E-state index >= 15 is 0 Å². The van der Waals surface area contributed by atoms with Gasteiger partial charge in [0.2, 0.25) is 0 Å². The molecule has 0 spiro atoms. The number of aromatic nitrogens is 1. The molecule has 0 aliphatic heterocycles. The number of carbonyl (C=O) groups excluding carboxylic acids is 2. The zero-order valence-electron chi connectivity index (χ0n) is 17.4. The van der Waals surface area contributed by atoms with E-state index in [0.29, 0.717) is 0 Å². The van der Waals surface area contributed by atoms with Crippen molar-refractivity contribution in [2.45, 2.75) is 51.4 Å². The summed E-state index contributed by atoms with van der Waals surface area (Å²) in [6, 6.07) is 10.2. The smallest absolute Gasteiger partial charge is 0.329 e. The quantitative estimate of drug-likeness (QED) is 0.483. The van der Waals surface area contributed by atoms with Crippen molar-refractivity contribution in [1.82, 2.24) is 10.3 Å². The van der Waals surface area contributed by atoms with Gasteiger partial charge in [-0.05, 0) is 17.2 Å². The first kappa shape index (κ1) is 21.6. The molecule has 1 heterocycles. The van der Waals surface area contributed by atoms with Gasteiger partial charge in [0.05, 0.1) is 12.6 Å². The summed E-state index contributed by atoms with van der Waals surface area (Å²) in [5.41, 5.74) is 4.34. The van der Waals surface area contributed by atoms with Gasteiger partial charge >= 0.3 is 5.97 Å². The Morgan fingerprint density at radius 2 is 1.86 bits per heavy atom. The number of rotatable bonds is 4. The van der Waals surface area contributed by atoms with Crippen LogP contribution in [0.1, 0.15) is 37.7 Å². The minimum atomic E-state index is -1.79. The van der Waals surface area contributed by atoms with Crippen molar-refractivity contribution in [2.24, 2.45) is 0 Å². The van der Waals surface area contributed by atoms with Crippen LogP contribution in [0.3, 0.4) is 0 Å². The van der Waals surface area contributed by atoms with Gasteiger partial charge in [-0.3, -0.25) is 4.79 Å². The summed E-state index contributed by atoms with van der Waals surface area (Å²) in [6.07, 6.45) is 0.207. The van der Waals surface area contributed by atoms with E-state index in [2.05, 4.69) is 55.6 Å². The van der Waals surface area contributed by atoms with Gasteiger partial charge in [-0.1, -0.05) is 58.1 Å². The standard InChI is InChI=1S/C22H28N2O3Si/c1-22(2,3)28(5,6)15-9-12-19(21(26)27-4)24-20(25)18-14-13-16-10-7-8-11-17(16)23-18/h7-8,10-11,13-14,19H,12H2,1-6H3,(H,24,25)/t19-/m0/s1. The Labute approximate surface area is 167 Å². The van der Waals surface area contributed by atoms with Crippen LogP contribution >= 0.6 is 0 Å². The predicted octanol–water partition coefficient (Wildman–Crippen LogP) is 3.95. The number of ether oxygens (including phenoxy) is 1. The number of methoxy groups -OCH3 is 1. The SMILES string of the molecule is COC(=O)[C@H](CC#C[Si](C)(C)C(C)(C)C)NC(=O)c1ccc2ccccc2n1. The Balaban J connectivity index is 2.17. The third-order valence-corrected chi connectivity index (χ3v) is 9.76. The summed E-state index contributed by atoms with van der Waals surface area (Å²) in [6.45, 7) is 10.9. The van der Waals surface area contributed by atoms with Gasteiger partial charge < -0.3 is 10.1 Å². The molecule has 0 saturated heterocycles. The predicted molar refractivity (Wildman–Crippen MR) is 115 cm³/mol. The summed E-state index contributed by atoms with van der Waals surface area (Å²) >= 11 is 0. The van der Waals surface area contributed by atoms with Crippen molar-refractivity contribution >= 4 is 30.9 Å². The number of pyridine rings is 1. The van der Waals surface area contributed by atoms with Crippen LogP contribution in [0.2, 0.25) is 18.1 Å². The van der Waals surface area contributed by atoms with E-state index in [4.69, 9.17) is 4.74 Å². The Morgan fingerprint density at radius 1 is 1.18 bits per heavy atom. The average Bonchev–Trinajstić information content (AvgIpc) is 2.65. The molecule has 1 aromatic heterocycles. The third-order valence-electron chi connectivity index (χ3n) is 5.20. The van der Waals surface area contributed by atoms with E-state index in [0.717, 1.165) is 10.9 Å². The molecule has 2 rings (SSSR count). The first-order chi connectivity index (χ1) is 13.0. The molecular formula is C22H28N2O3Si. The van der Waals surface area contributed by atoms with Crippen molar-refractivity contribution in [2.75, 3.05) is 7.11 Å². The van der Waals surface area contributed by atoms with Crippen LogP contribution < -0.4 is 5.32 Å². The fourth-order valence-electron chi connectivity index (χ4n) is 2.32. The summed E-state index contributed by atoms with van der Waals surface area (Å²) in [4.78, 5) is 29.1. The zero-order chi connectivity index (χ0) is 20.9. The van der Waals surface area contributed by atoms with Crippen molar-refractivity contribution in [3.05, 3.63) is 42.1 Å². The monoisotopic (exact) mass is 396 g/mol. The molecule has 0 aliphatic rings. The second-order valence-electron chi connectivity index (χ2n) is 8.32. The fraction of sp³-hybridized carbons (Fsp3) is 0.409. The lowest BCUT2D eigenvalue weighted by Crippen LogP contribution is -2.42. The molecular weight excluding hydrogens is 368 g/mol. The second kappa shape index (κ2) is 8.57. The summed E-state index contributed by atoms with van der Waals surface area (Å²) in [7, 11) is -0.487. The zero-order valence-corrected chi connectivity index (χ0v) is 18.4. The number of nitrogens with zero attached hydrogens (tertiary/aromatic N) is 1. The minimum absolute atomic E-state index is 0.124. The maximum Gasteiger partial charge on any atom is 0.329 e. The third kappa shape index (κ3) is 5.20. The molecule has 2 aromatic rings. The largest absolute Gasteiger partial charge is 0.467 e. The number of hydrogen-bond donors (Lipinski definition) is 1. The molecule has 0 bridgehead atoms. The molecule has 1 amide bonds. The maximum absolute atomic E-state index is 12.6. The molecule has 1 N–H and O–H groups in total. The Hall–Kier alpha value is -2.65. The fourth-order valence-corrected chi connectivity index (χ4v) is 3.24. The van der Waals surface area contributed by atoms with E-state index in [-0.39, 0.29) is 17.2 Å². The van der Waals surface area contributed by atoms with Crippen LogP contribution in [0.5, 0.6) is 0 Å². The highest BCUT2D eigenvalue weighted by Crippen LogP contribution is 2.35. The number of para-hydroxylation sites is 1. The Bertz CT molecular complexity index is 936. The molecule has 1 aromatic carbocycles. The molecule has 0 fully saturated rings. The number of benzene rings is 1. The van der Waals surface area contributed by atoms with Crippen molar-refractivity contribution in [1.29, 1.82) is 0 Å². The van der Waals surface area contributed by atoms with Crippen molar-refractivity contribution in [3.8, 4) is 11.5 Å². The van der Waals surface area contributed by atoms with E-state index in [9.17, 15) is 9.59 Å². The summed E-state index contributed by atoms with van der Waals surface area (Å²) in [5.74, 6) is 2.17. The lowest BCUT2D eigenvalue weighted by molar-refractivity contribution is -0.142. The Kier molecular flexibility index (Phi) is 6.63. The first-order valence-electron chi connectivity index (χ1n) is 9.30. The van der Waals surface area contributed by atoms with Crippen molar-refractivity contribution in [3.63, 3.8) is 0 Å². The van der Waals surface area contributed by atoms with Gasteiger partial charge in [0.1, 0.15) is 19.8 Å². The van der Waals surface area contributed by atoms with Crippen LogP contribution in [-0.2, 0) is 9.53 Å². The molecule has 148 valence electrons. The Morgan fingerprint density at radius 3 is 2.50 bits per heavy atom. The molecule has 5 nitrogen and oxygen atoms in total. The van der Waals surface area contributed by atoms with E-state index < -0.39 is 26.0 Å². The highest BCUT2D eigenvalue weighted by molar-refractivity contribution is 6.87. The number of fused-ring (bicyclic) bond motifs is 1. The topological polar surface area (TPSA) is 68.3 Å². The van der Waals surface area contributed by atoms with Crippen LogP contribution in [0.4, 0.5) is 0 Å². The van der Waals surface area contributed by atoms with E-state index in [1.165, 1.54) is 7.11 Å². The number of esters is 1. The number of amides is 1. The van der Waals surface area contributed by atoms with Crippen molar-refractivity contribution < 1.29 is 14.3 Å². The normalized spacial score (nSPS) is 12.6. The van der Waals surface area contributed by atoms with Gasteiger partial charge in [-0.25, -0.2) is 9.78 Å². The molecule has 0 unspecified atom stereocenters. The maximum atomic E-state index is 12.6. The minimum Gasteiger partial charge on any atom is -0.467 e. The average molecular weight is 397 g/mol. The molecule has 0 aliphatic carbocycles. The molecule has 28 heavy (non-hydrogen) atoms. The summed E-state index contributed by atoms with van der Waals surface area (Å²) in [5, 5.41) is 3.78. The lowest BCUT2D eigenvalue weighted by Gasteiger charge is -2.31. The molecule has 6 heteroatoms. The second-order valence-corrected chi connectivity index (χ2v) is 13.3. The summed E-state index contributed by atoms with van der Waals surface area (Å²) < 4.78 is 4.84. The van der Waals surface area contributed by atoms with Crippen LogP contribution in [0.15, 0.2) is 36.4 Å². The van der Waals surface area contributed by atoms with Gasteiger partial charge in [0.15, 0.2) is 0 Å². The van der Waals surface area contributed by atoms with Crippen LogP contribution in [-0.4, -0.2) is 38.1 Å². The molecule has 0 saturated carbocycles. The van der Waals surface area contributed by atoms with E-state index in [1.807, 2.05) is 30.3 Å². The van der Waals surface area contributed by atoms with Gasteiger partial charge in [-0.2, -0.15) is 0 Å². The number of nitrogens with one attached hydrogen (secondary N) is 1. The van der Waals surface area contributed by atoms with Gasteiger partial charge in [0, 0.05) is 11.8 Å². The van der Waals surface area contributed by atoms with Crippen LogP contribution in [0.25, 0.3) is 10.9 Å². The number of carbonyl (C=O) groups is 2. The lowest BCUT2D eigenvalue weighted by atomic mass is 10.2. The van der Waals surface area contributed by atoms with E-state index in [1.54, 1.807) is 6.07 Å². The van der Waals surface area contributed by atoms with Gasteiger partial charge in [0.25, 0.3) is 5.91 Å². The van der Waals surface area contributed by atoms with Gasteiger partial charge in [-0.15, -0.1) is 11.5 Å².